The third-order valence-corrected chi connectivity index (χ3v) is 1.86. The maximum absolute atomic E-state index is 10.5. The van der Waals surface area contributed by atoms with Crippen LogP contribution in [0.1, 0.15) is 33.1 Å². The molecule has 4 nitrogen and oxygen atoms in total. The maximum atomic E-state index is 10.5. The summed E-state index contributed by atoms with van der Waals surface area (Å²) in [4.78, 5) is 20.7. The van der Waals surface area contributed by atoms with Gasteiger partial charge in [-0.3, -0.25) is 9.59 Å². The number of carbonyl (C=O) groups is 2. The summed E-state index contributed by atoms with van der Waals surface area (Å²) in [5.74, 6) is -0.445. The van der Waals surface area contributed by atoms with Crippen LogP contribution in [-0.2, 0) is 9.59 Å². The molecule has 0 saturated heterocycles. The quantitative estimate of drug-likeness (QED) is 0.652. The smallest absolute Gasteiger partial charge is 0.303 e. The Bertz CT molecular complexity index is 180. The largest absolute Gasteiger partial charge is 0.481 e. The Morgan fingerprint density at radius 3 is 2.46 bits per heavy atom. The van der Waals surface area contributed by atoms with Crippen molar-refractivity contribution in [1.82, 2.24) is 5.32 Å². The lowest BCUT2D eigenvalue weighted by Crippen LogP contribution is -2.22. The highest BCUT2D eigenvalue weighted by atomic mass is 16.4. The lowest BCUT2D eigenvalue weighted by molar-refractivity contribution is -0.137. The minimum absolute atomic E-state index is 0.0366. The van der Waals surface area contributed by atoms with Gasteiger partial charge in [0, 0.05) is 19.9 Å². The molecule has 0 aliphatic heterocycles. The summed E-state index contributed by atoms with van der Waals surface area (Å²) in [6.45, 7) is 4.10. The summed E-state index contributed by atoms with van der Waals surface area (Å²) in [6.07, 6.45) is 1.73. The fourth-order valence-electron chi connectivity index (χ4n) is 1.01. The Morgan fingerprint density at radius 1 is 1.38 bits per heavy atom. The molecule has 0 spiro atoms. The fourth-order valence-corrected chi connectivity index (χ4v) is 1.01. The second kappa shape index (κ2) is 6.46. The zero-order valence-electron chi connectivity index (χ0n) is 8.17. The first-order valence-corrected chi connectivity index (χ1v) is 4.48. The number of carboxylic acid groups (broad SMARTS) is 1. The molecule has 13 heavy (non-hydrogen) atoms. The van der Waals surface area contributed by atoms with Crippen molar-refractivity contribution in [3.63, 3.8) is 0 Å². The third kappa shape index (κ3) is 8.85. The average molecular weight is 187 g/mol. The summed E-state index contributed by atoms with van der Waals surface area (Å²) in [7, 11) is 0. The van der Waals surface area contributed by atoms with E-state index in [9.17, 15) is 9.59 Å². The molecule has 2 N–H and O–H groups in total. The van der Waals surface area contributed by atoms with Crippen LogP contribution in [-0.4, -0.2) is 23.5 Å². The molecule has 0 saturated carbocycles. The van der Waals surface area contributed by atoms with Crippen LogP contribution in [0.5, 0.6) is 0 Å². The van der Waals surface area contributed by atoms with Crippen LogP contribution in [0.25, 0.3) is 0 Å². The van der Waals surface area contributed by atoms with Crippen molar-refractivity contribution in [2.45, 2.75) is 33.1 Å². The highest BCUT2D eigenvalue weighted by Gasteiger charge is 2.05. The van der Waals surface area contributed by atoms with E-state index in [1.54, 1.807) is 0 Å². The van der Waals surface area contributed by atoms with Crippen molar-refractivity contribution in [3.8, 4) is 0 Å². The highest BCUT2D eigenvalue weighted by Crippen LogP contribution is 2.08. The minimum atomic E-state index is -0.758. The van der Waals surface area contributed by atoms with Gasteiger partial charge in [0.15, 0.2) is 0 Å². The molecule has 76 valence electrons. The molecule has 1 amide bonds. The van der Waals surface area contributed by atoms with Crippen LogP contribution in [0.3, 0.4) is 0 Å². The Labute approximate surface area is 78.3 Å². The molecule has 0 aliphatic rings. The topological polar surface area (TPSA) is 66.4 Å². The van der Waals surface area contributed by atoms with Crippen molar-refractivity contribution >= 4 is 11.9 Å². The normalized spacial score (nSPS) is 12.2. The number of hydrogen-bond acceptors (Lipinski definition) is 2. The van der Waals surface area contributed by atoms with Crippen molar-refractivity contribution < 1.29 is 14.7 Å². The average Bonchev–Trinajstić information content (AvgIpc) is 2.00. The van der Waals surface area contributed by atoms with Crippen molar-refractivity contribution in [2.24, 2.45) is 5.92 Å². The summed E-state index contributed by atoms with van der Waals surface area (Å²) in [6, 6.07) is 0. The molecule has 0 bridgehead atoms. The minimum Gasteiger partial charge on any atom is -0.481 e. The second-order valence-electron chi connectivity index (χ2n) is 3.31. The van der Waals surface area contributed by atoms with Crippen LogP contribution < -0.4 is 5.32 Å². The Hall–Kier alpha value is -1.06. The number of nitrogens with one attached hydrogen (secondary N) is 1. The van der Waals surface area contributed by atoms with Crippen molar-refractivity contribution in [1.29, 1.82) is 0 Å². The molecule has 0 aromatic carbocycles. The molecule has 1 atom stereocenters. The fraction of sp³-hybridized carbons (Fsp3) is 0.778. The van der Waals surface area contributed by atoms with Gasteiger partial charge in [0.1, 0.15) is 0 Å². The molecule has 0 aromatic heterocycles. The number of hydrogen-bond donors (Lipinski definition) is 2. The van der Waals surface area contributed by atoms with E-state index >= 15 is 0 Å². The molecule has 1 unspecified atom stereocenters. The van der Waals surface area contributed by atoms with E-state index in [-0.39, 0.29) is 12.3 Å². The van der Waals surface area contributed by atoms with Gasteiger partial charge in [-0.15, -0.1) is 0 Å². The molecule has 0 heterocycles. The Kier molecular flexibility index (Phi) is 5.93. The van der Waals surface area contributed by atoms with Gasteiger partial charge in [-0.05, 0) is 18.8 Å². The van der Waals surface area contributed by atoms with Gasteiger partial charge in [-0.1, -0.05) is 6.92 Å². The Morgan fingerprint density at radius 2 is 2.00 bits per heavy atom. The molecule has 4 heteroatoms. The number of rotatable bonds is 6. The predicted molar refractivity (Wildman–Crippen MR) is 49.3 cm³/mol. The van der Waals surface area contributed by atoms with Gasteiger partial charge in [-0.25, -0.2) is 0 Å². The molecular weight excluding hydrogens is 170 g/mol. The van der Waals surface area contributed by atoms with Crippen molar-refractivity contribution in [3.05, 3.63) is 0 Å². The zero-order chi connectivity index (χ0) is 10.3. The van der Waals surface area contributed by atoms with Crippen LogP contribution in [0.15, 0.2) is 0 Å². The van der Waals surface area contributed by atoms with Crippen LogP contribution >= 0.6 is 0 Å². The van der Waals surface area contributed by atoms with Crippen LogP contribution in [0, 0.1) is 5.92 Å². The lowest BCUT2D eigenvalue weighted by Gasteiger charge is -2.09. The van der Waals surface area contributed by atoms with E-state index in [2.05, 4.69) is 5.32 Å². The second-order valence-corrected chi connectivity index (χ2v) is 3.31. The lowest BCUT2D eigenvalue weighted by atomic mass is 10.0. The van der Waals surface area contributed by atoms with Gasteiger partial charge in [0.2, 0.25) is 5.91 Å². The summed E-state index contributed by atoms with van der Waals surface area (Å²) < 4.78 is 0. The first kappa shape index (κ1) is 11.9. The van der Waals surface area contributed by atoms with E-state index in [1.165, 1.54) is 6.92 Å². The van der Waals surface area contributed by atoms with Gasteiger partial charge >= 0.3 is 5.97 Å². The summed E-state index contributed by atoms with van der Waals surface area (Å²) in [5.41, 5.74) is 0. The van der Waals surface area contributed by atoms with Crippen LogP contribution in [0.4, 0.5) is 0 Å². The Balaban J connectivity index is 3.35. The summed E-state index contributed by atoms with van der Waals surface area (Å²) >= 11 is 0. The van der Waals surface area contributed by atoms with E-state index < -0.39 is 5.97 Å². The van der Waals surface area contributed by atoms with Crippen molar-refractivity contribution in [2.75, 3.05) is 6.54 Å². The SMILES string of the molecule is CC(=O)NCCC(C)CCC(=O)O. The molecule has 0 fully saturated rings. The molecule has 0 rings (SSSR count). The van der Waals surface area contributed by atoms with E-state index in [0.717, 1.165) is 6.42 Å². The highest BCUT2D eigenvalue weighted by molar-refractivity contribution is 5.72. The number of carboxylic acids is 1. The number of amides is 1. The summed E-state index contributed by atoms with van der Waals surface area (Å²) in [5, 5.41) is 11.1. The van der Waals surface area contributed by atoms with E-state index in [1.807, 2.05) is 6.92 Å². The van der Waals surface area contributed by atoms with Gasteiger partial charge in [0.05, 0.1) is 0 Å². The molecule has 0 aromatic rings. The molecule has 0 aliphatic carbocycles. The standard InChI is InChI=1S/C9H17NO3/c1-7(3-4-9(12)13)5-6-10-8(2)11/h7H,3-6H2,1-2H3,(H,10,11)(H,12,13). The maximum Gasteiger partial charge on any atom is 0.303 e. The van der Waals surface area contributed by atoms with Crippen LogP contribution in [0.2, 0.25) is 0 Å². The monoisotopic (exact) mass is 187 g/mol. The van der Waals surface area contributed by atoms with Gasteiger partial charge in [-0.2, -0.15) is 0 Å². The third-order valence-electron chi connectivity index (χ3n) is 1.86. The zero-order valence-corrected chi connectivity index (χ0v) is 8.17. The molecular formula is C9H17NO3. The van der Waals surface area contributed by atoms with E-state index in [0.29, 0.717) is 18.9 Å². The molecule has 0 radical (unpaired) electrons. The number of aliphatic carboxylic acids is 1. The van der Waals surface area contributed by atoms with Gasteiger partial charge in [0.25, 0.3) is 0 Å². The van der Waals surface area contributed by atoms with E-state index in [4.69, 9.17) is 5.11 Å². The first-order valence-electron chi connectivity index (χ1n) is 4.48. The first-order chi connectivity index (χ1) is 6.02. The predicted octanol–water partition coefficient (Wildman–Crippen LogP) is 1.01. The van der Waals surface area contributed by atoms with Gasteiger partial charge < -0.3 is 10.4 Å². The number of carbonyl (C=O) groups excluding carboxylic acids is 1.